The van der Waals surface area contributed by atoms with Crippen LogP contribution in [0.2, 0.25) is 0 Å². The Morgan fingerprint density at radius 2 is 2.00 bits per heavy atom. The Bertz CT molecular complexity index is 119. The van der Waals surface area contributed by atoms with Crippen LogP contribution in [0, 0.1) is 5.92 Å². The third-order valence-corrected chi connectivity index (χ3v) is 3.45. The molecule has 3 aliphatic rings. The van der Waals surface area contributed by atoms with Crippen LogP contribution >= 0.6 is 0 Å². The van der Waals surface area contributed by atoms with Crippen molar-refractivity contribution < 1.29 is 0 Å². The maximum absolute atomic E-state index is 2.70. The van der Waals surface area contributed by atoms with E-state index in [1.165, 1.54) is 25.8 Å². The molecule has 1 unspecified atom stereocenters. The van der Waals surface area contributed by atoms with Gasteiger partial charge in [0.25, 0.3) is 0 Å². The SMILES string of the molecule is C1C[C@H]2[C@H]3C[C@H]1CCN32. The van der Waals surface area contributed by atoms with Crippen LogP contribution < -0.4 is 0 Å². The molecule has 0 radical (unpaired) electrons. The fourth-order valence-corrected chi connectivity index (χ4v) is 2.83. The lowest BCUT2D eigenvalue weighted by Gasteiger charge is -2.21. The Kier molecular flexibility index (Phi) is 0.704. The largest absolute Gasteiger partial charge is 0.294 e. The summed E-state index contributed by atoms with van der Waals surface area (Å²) in [5.74, 6) is 1.13. The number of fused-ring (bicyclic) bond motifs is 2. The molecule has 1 heteroatoms. The third-order valence-electron chi connectivity index (χ3n) is 3.45. The van der Waals surface area contributed by atoms with Gasteiger partial charge in [0.05, 0.1) is 0 Å². The van der Waals surface area contributed by atoms with E-state index in [0.29, 0.717) is 0 Å². The standard InChI is InChI=1S/C8H13N/c1-2-7-8-5-6(1)3-4-9(7)8/h6-8H,1-5H2/t6-,7+,8-,9?/m1/s1. The Hall–Kier alpha value is -0.0400. The average molecular weight is 123 g/mol. The first-order valence-electron chi connectivity index (χ1n) is 4.21. The second kappa shape index (κ2) is 1.34. The molecule has 2 saturated heterocycles. The first-order chi connectivity index (χ1) is 4.45. The van der Waals surface area contributed by atoms with Crippen molar-refractivity contribution in [3.63, 3.8) is 0 Å². The molecule has 0 amide bonds. The Labute approximate surface area is 56.0 Å². The van der Waals surface area contributed by atoms with E-state index < -0.39 is 0 Å². The van der Waals surface area contributed by atoms with Gasteiger partial charge in [-0.05, 0) is 38.1 Å². The van der Waals surface area contributed by atoms with Gasteiger partial charge in [0.15, 0.2) is 0 Å². The van der Waals surface area contributed by atoms with Crippen LogP contribution in [0.1, 0.15) is 25.7 Å². The zero-order chi connectivity index (χ0) is 5.84. The lowest BCUT2D eigenvalue weighted by Crippen LogP contribution is -2.19. The van der Waals surface area contributed by atoms with E-state index in [1.807, 2.05) is 0 Å². The summed E-state index contributed by atoms with van der Waals surface area (Å²) in [6, 6.07) is 2.13. The molecule has 1 saturated carbocycles. The fraction of sp³-hybridized carbons (Fsp3) is 1.00. The van der Waals surface area contributed by atoms with E-state index >= 15 is 0 Å². The van der Waals surface area contributed by atoms with Crippen molar-refractivity contribution in [1.82, 2.24) is 4.90 Å². The van der Waals surface area contributed by atoms with Crippen molar-refractivity contribution in [3.8, 4) is 0 Å². The predicted molar refractivity (Wildman–Crippen MR) is 36.2 cm³/mol. The van der Waals surface area contributed by atoms with Gasteiger partial charge in [0, 0.05) is 12.1 Å². The Morgan fingerprint density at radius 3 is 2.89 bits per heavy atom. The van der Waals surface area contributed by atoms with Crippen LogP contribution in [0.15, 0.2) is 0 Å². The number of rotatable bonds is 0. The molecular weight excluding hydrogens is 110 g/mol. The normalized spacial score (nSPS) is 61.3. The number of piperidine rings is 1. The number of nitrogens with zero attached hydrogens (tertiary/aromatic N) is 1. The first-order valence-corrected chi connectivity index (χ1v) is 4.21. The van der Waals surface area contributed by atoms with Crippen LogP contribution in [-0.4, -0.2) is 23.5 Å². The molecule has 2 heterocycles. The Morgan fingerprint density at radius 1 is 1.00 bits per heavy atom. The van der Waals surface area contributed by atoms with Crippen molar-refractivity contribution in [2.24, 2.45) is 5.92 Å². The van der Waals surface area contributed by atoms with Gasteiger partial charge in [-0.25, -0.2) is 0 Å². The van der Waals surface area contributed by atoms with Crippen LogP contribution in [0.5, 0.6) is 0 Å². The van der Waals surface area contributed by atoms with E-state index in [4.69, 9.17) is 0 Å². The van der Waals surface area contributed by atoms with Gasteiger partial charge in [0.1, 0.15) is 0 Å². The zero-order valence-corrected chi connectivity index (χ0v) is 5.71. The highest BCUT2D eigenvalue weighted by molar-refractivity contribution is 5.08. The smallest absolute Gasteiger partial charge is 0.0257 e. The average Bonchev–Trinajstić information content (AvgIpc) is 2.62. The second-order valence-electron chi connectivity index (χ2n) is 3.84. The maximum Gasteiger partial charge on any atom is 0.0257 e. The second-order valence-corrected chi connectivity index (χ2v) is 3.84. The van der Waals surface area contributed by atoms with Gasteiger partial charge in [-0.2, -0.15) is 0 Å². The predicted octanol–water partition coefficient (Wildman–Crippen LogP) is 1.24. The summed E-state index contributed by atoms with van der Waals surface area (Å²) in [4.78, 5) is 2.70. The molecule has 9 heavy (non-hydrogen) atoms. The van der Waals surface area contributed by atoms with Crippen LogP contribution in [0.4, 0.5) is 0 Å². The van der Waals surface area contributed by atoms with Crippen LogP contribution in [0.25, 0.3) is 0 Å². The van der Waals surface area contributed by atoms with Crippen LogP contribution in [0.3, 0.4) is 0 Å². The van der Waals surface area contributed by atoms with Crippen molar-refractivity contribution in [3.05, 3.63) is 0 Å². The maximum atomic E-state index is 2.70. The highest BCUT2D eigenvalue weighted by Gasteiger charge is 2.52. The molecule has 0 aromatic carbocycles. The van der Waals surface area contributed by atoms with E-state index in [-0.39, 0.29) is 0 Å². The molecule has 3 rings (SSSR count). The quantitative estimate of drug-likeness (QED) is 0.438. The molecule has 0 N–H and O–H groups in total. The monoisotopic (exact) mass is 123 g/mol. The number of hydrogen-bond donors (Lipinski definition) is 0. The fourth-order valence-electron chi connectivity index (χ4n) is 2.83. The summed E-state index contributed by atoms with van der Waals surface area (Å²) in [7, 11) is 0. The molecule has 4 atom stereocenters. The van der Waals surface area contributed by atoms with Crippen LogP contribution in [-0.2, 0) is 0 Å². The minimum Gasteiger partial charge on any atom is -0.294 e. The topological polar surface area (TPSA) is 3.01 Å². The zero-order valence-electron chi connectivity index (χ0n) is 5.71. The summed E-state index contributed by atoms with van der Waals surface area (Å²) in [5, 5.41) is 0. The van der Waals surface area contributed by atoms with Gasteiger partial charge in [0.2, 0.25) is 0 Å². The van der Waals surface area contributed by atoms with Crippen molar-refractivity contribution in [2.75, 3.05) is 6.54 Å². The highest BCUT2D eigenvalue weighted by Crippen LogP contribution is 2.47. The van der Waals surface area contributed by atoms with Crippen molar-refractivity contribution in [2.45, 2.75) is 37.8 Å². The molecule has 0 aromatic heterocycles. The Balaban J connectivity index is 1.92. The highest BCUT2D eigenvalue weighted by atomic mass is 15.4. The van der Waals surface area contributed by atoms with Gasteiger partial charge in [-0.15, -0.1) is 0 Å². The minimum absolute atomic E-state index is 1.06. The van der Waals surface area contributed by atoms with E-state index in [9.17, 15) is 0 Å². The molecule has 1 aliphatic carbocycles. The number of hydrogen-bond acceptors (Lipinski definition) is 1. The summed E-state index contributed by atoms with van der Waals surface area (Å²) in [6.45, 7) is 1.43. The summed E-state index contributed by atoms with van der Waals surface area (Å²) in [5.41, 5.74) is 0. The van der Waals surface area contributed by atoms with E-state index in [0.717, 1.165) is 18.0 Å². The molecule has 0 spiro atoms. The van der Waals surface area contributed by atoms with Crippen molar-refractivity contribution >= 4 is 0 Å². The summed E-state index contributed by atoms with van der Waals surface area (Å²) >= 11 is 0. The molecule has 1 nitrogen and oxygen atoms in total. The lowest BCUT2D eigenvalue weighted by molar-refractivity contribution is 0.313. The van der Waals surface area contributed by atoms with E-state index in [2.05, 4.69) is 4.90 Å². The first kappa shape index (κ1) is 4.73. The lowest BCUT2D eigenvalue weighted by atomic mass is 9.87. The molecular formula is C8H13N. The molecule has 50 valence electrons. The van der Waals surface area contributed by atoms with Crippen molar-refractivity contribution in [1.29, 1.82) is 0 Å². The van der Waals surface area contributed by atoms with Gasteiger partial charge >= 0.3 is 0 Å². The summed E-state index contributed by atoms with van der Waals surface area (Å²) < 4.78 is 0. The molecule has 3 fully saturated rings. The van der Waals surface area contributed by atoms with E-state index in [1.54, 1.807) is 6.42 Å². The van der Waals surface area contributed by atoms with Gasteiger partial charge < -0.3 is 0 Å². The van der Waals surface area contributed by atoms with Gasteiger partial charge in [-0.3, -0.25) is 4.90 Å². The molecule has 2 bridgehead atoms. The minimum atomic E-state index is 1.06. The summed E-state index contributed by atoms with van der Waals surface area (Å²) in [6.07, 6.45) is 6.12. The molecule has 2 aliphatic heterocycles. The van der Waals surface area contributed by atoms with Gasteiger partial charge in [-0.1, -0.05) is 0 Å². The third kappa shape index (κ3) is 0.493. The molecule has 0 aromatic rings.